The summed E-state index contributed by atoms with van der Waals surface area (Å²) < 4.78 is 5.14. The second-order valence-corrected chi connectivity index (χ2v) is 6.80. The zero-order valence-corrected chi connectivity index (χ0v) is 16.5. The van der Waals surface area contributed by atoms with Crippen LogP contribution in [0.2, 0.25) is 0 Å². The third-order valence-corrected chi connectivity index (χ3v) is 4.43. The number of carbonyl (C=O) groups excluding carboxylic acids is 1. The van der Waals surface area contributed by atoms with Crippen LogP contribution in [0.4, 0.5) is 17.3 Å². The van der Waals surface area contributed by atoms with Crippen molar-refractivity contribution in [1.82, 2.24) is 9.97 Å². The van der Waals surface area contributed by atoms with Crippen LogP contribution in [0.15, 0.2) is 54.9 Å². The van der Waals surface area contributed by atoms with Gasteiger partial charge in [-0.1, -0.05) is 32.0 Å². The van der Waals surface area contributed by atoms with E-state index in [1.807, 2.05) is 49.4 Å². The zero-order valence-electron chi connectivity index (χ0n) is 16.5. The van der Waals surface area contributed by atoms with Gasteiger partial charge in [0.15, 0.2) is 0 Å². The number of aromatic nitrogens is 2. The average Bonchev–Trinajstić information content (AvgIpc) is 2.70. The number of hydrogen-bond donors (Lipinski definition) is 2. The summed E-state index contributed by atoms with van der Waals surface area (Å²) in [5.41, 5.74) is 4.21. The van der Waals surface area contributed by atoms with Gasteiger partial charge in [-0.2, -0.15) is 0 Å². The van der Waals surface area contributed by atoms with E-state index in [0.717, 1.165) is 28.3 Å². The van der Waals surface area contributed by atoms with Crippen molar-refractivity contribution in [3.8, 4) is 5.75 Å². The molecule has 2 N–H and O–H groups in total. The van der Waals surface area contributed by atoms with Gasteiger partial charge >= 0.3 is 0 Å². The Morgan fingerprint density at radius 2 is 1.71 bits per heavy atom. The Morgan fingerprint density at radius 3 is 2.32 bits per heavy atom. The summed E-state index contributed by atoms with van der Waals surface area (Å²) >= 11 is 0. The van der Waals surface area contributed by atoms with E-state index in [4.69, 9.17) is 4.74 Å². The number of carbonyl (C=O) groups is 1. The molecular weight excluding hydrogens is 352 g/mol. The Kier molecular flexibility index (Phi) is 5.89. The lowest BCUT2D eigenvalue weighted by molar-refractivity contribution is 0.102. The van der Waals surface area contributed by atoms with Gasteiger partial charge in [0.2, 0.25) is 5.95 Å². The van der Waals surface area contributed by atoms with E-state index in [1.165, 1.54) is 12.4 Å². The van der Waals surface area contributed by atoms with Crippen LogP contribution in [0.25, 0.3) is 0 Å². The molecule has 0 saturated carbocycles. The topological polar surface area (TPSA) is 76.1 Å². The standard InChI is InChI=1S/C22H24N4O2/c1-14(2)19-7-5-6-15(3)20(19)26-21(27)16-12-23-22(24-13-16)25-17-8-10-18(28-4)11-9-17/h5-14H,1-4H3,(H,26,27)(H,23,24,25). The van der Waals surface area contributed by atoms with E-state index >= 15 is 0 Å². The molecule has 3 aromatic rings. The number of methoxy groups -OCH3 is 1. The molecule has 144 valence electrons. The molecule has 0 aliphatic rings. The van der Waals surface area contributed by atoms with Crippen molar-refractivity contribution in [1.29, 1.82) is 0 Å². The highest BCUT2D eigenvalue weighted by Gasteiger charge is 2.14. The van der Waals surface area contributed by atoms with Gasteiger partial charge in [-0.15, -0.1) is 0 Å². The highest BCUT2D eigenvalue weighted by molar-refractivity contribution is 6.04. The molecule has 0 fully saturated rings. The number of anilines is 3. The summed E-state index contributed by atoms with van der Waals surface area (Å²) in [7, 11) is 1.62. The molecule has 0 saturated heterocycles. The van der Waals surface area contributed by atoms with Crippen molar-refractivity contribution >= 4 is 23.2 Å². The number of amides is 1. The van der Waals surface area contributed by atoms with Crippen LogP contribution in [0.3, 0.4) is 0 Å². The SMILES string of the molecule is COc1ccc(Nc2ncc(C(=O)Nc3c(C)cccc3C(C)C)cn2)cc1. The Bertz CT molecular complexity index is 951. The summed E-state index contributed by atoms with van der Waals surface area (Å²) in [5.74, 6) is 1.27. The summed E-state index contributed by atoms with van der Waals surface area (Å²) in [6.45, 7) is 6.19. The normalized spacial score (nSPS) is 10.6. The highest BCUT2D eigenvalue weighted by atomic mass is 16.5. The third kappa shape index (κ3) is 4.46. The number of nitrogens with one attached hydrogen (secondary N) is 2. The first kappa shape index (κ1) is 19.4. The Balaban J connectivity index is 1.72. The van der Waals surface area contributed by atoms with E-state index in [0.29, 0.717) is 17.4 Å². The molecule has 0 bridgehead atoms. The monoisotopic (exact) mass is 376 g/mol. The molecule has 3 rings (SSSR count). The fourth-order valence-corrected chi connectivity index (χ4v) is 2.84. The number of nitrogens with zero attached hydrogens (tertiary/aromatic N) is 2. The summed E-state index contributed by atoms with van der Waals surface area (Å²) in [5, 5.41) is 6.10. The van der Waals surface area contributed by atoms with Crippen molar-refractivity contribution in [3.05, 3.63) is 71.5 Å². The molecule has 2 aromatic carbocycles. The predicted octanol–water partition coefficient (Wildman–Crippen LogP) is 4.91. The summed E-state index contributed by atoms with van der Waals surface area (Å²) in [4.78, 5) is 21.1. The zero-order chi connectivity index (χ0) is 20.1. The number of aryl methyl sites for hydroxylation is 1. The van der Waals surface area contributed by atoms with Crippen LogP contribution in [0, 0.1) is 6.92 Å². The van der Waals surface area contributed by atoms with E-state index < -0.39 is 0 Å². The number of ether oxygens (including phenoxy) is 1. The van der Waals surface area contributed by atoms with Gasteiger partial charge in [0.1, 0.15) is 5.75 Å². The van der Waals surface area contributed by atoms with Gasteiger partial charge in [-0.25, -0.2) is 9.97 Å². The summed E-state index contributed by atoms with van der Waals surface area (Å²) in [6.07, 6.45) is 3.03. The lowest BCUT2D eigenvalue weighted by atomic mass is 9.98. The van der Waals surface area contributed by atoms with Crippen molar-refractivity contribution in [2.24, 2.45) is 0 Å². The smallest absolute Gasteiger partial charge is 0.258 e. The van der Waals surface area contributed by atoms with Crippen LogP contribution < -0.4 is 15.4 Å². The average molecular weight is 376 g/mol. The van der Waals surface area contributed by atoms with Gasteiger partial charge in [-0.3, -0.25) is 4.79 Å². The van der Waals surface area contributed by atoms with Gasteiger partial charge in [0, 0.05) is 23.8 Å². The molecule has 28 heavy (non-hydrogen) atoms. The number of hydrogen-bond acceptors (Lipinski definition) is 5. The van der Waals surface area contributed by atoms with Crippen molar-refractivity contribution in [2.75, 3.05) is 17.7 Å². The lowest BCUT2D eigenvalue weighted by Gasteiger charge is -2.16. The van der Waals surface area contributed by atoms with Crippen LogP contribution in [-0.4, -0.2) is 23.0 Å². The second kappa shape index (κ2) is 8.52. The lowest BCUT2D eigenvalue weighted by Crippen LogP contribution is -2.15. The van der Waals surface area contributed by atoms with E-state index in [-0.39, 0.29) is 5.91 Å². The van der Waals surface area contributed by atoms with Gasteiger partial charge in [0.25, 0.3) is 5.91 Å². The van der Waals surface area contributed by atoms with Crippen molar-refractivity contribution < 1.29 is 9.53 Å². The number of rotatable bonds is 6. The highest BCUT2D eigenvalue weighted by Crippen LogP contribution is 2.27. The molecular formula is C22H24N4O2. The quantitative estimate of drug-likeness (QED) is 0.639. The van der Waals surface area contributed by atoms with Crippen molar-refractivity contribution in [3.63, 3.8) is 0 Å². The molecule has 0 spiro atoms. The molecule has 1 aromatic heterocycles. The Labute approximate surface area is 165 Å². The van der Waals surface area contributed by atoms with E-state index in [2.05, 4.69) is 34.4 Å². The fourth-order valence-electron chi connectivity index (χ4n) is 2.84. The molecule has 6 nitrogen and oxygen atoms in total. The maximum atomic E-state index is 12.7. The van der Waals surface area contributed by atoms with E-state index in [9.17, 15) is 4.79 Å². The number of benzene rings is 2. The first-order valence-electron chi connectivity index (χ1n) is 9.12. The summed E-state index contributed by atoms with van der Waals surface area (Å²) in [6, 6.07) is 13.5. The Hall–Kier alpha value is -3.41. The first-order chi connectivity index (χ1) is 13.5. The first-order valence-corrected chi connectivity index (χ1v) is 9.12. The van der Waals surface area contributed by atoms with Crippen LogP contribution in [-0.2, 0) is 0 Å². The molecule has 0 unspecified atom stereocenters. The molecule has 1 heterocycles. The molecule has 0 atom stereocenters. The third-order valence-electron chi connectivity index (χ3n) is 4.43. The second-order valence-electron chi connectivity index (χ2n) is 6.80. The van der Waals surface area contributed by atoms with Gasteiger partial charge < -0.3 is 15.4 Å². The maximum absolute atomic E-state index is 12.7. The minimum Gasteiger partial charge on any atom is -0.497 e. The molecule has 0 aliphatic carbocycles. The predicted molar refractivity (Wildman–Crippen MR) is 112 cm³/mol. The van der Waals surface area contributed by atoms with Crippen LogP contribution in [0.5, 0.6) is 5.75 Å². The molecule has 6 heteroatoms. The number of para-hydroxylation sites is 1. The fraction of sp³-hybridized carbons (Fsp3) is 0.227. The van der Waals surface area contributed by atoms with Crippen LogP contribution in [0.1, 0.15) is 41.3 Å². The largest absolute Gasteiger partial charge is 0.497 e. The minimum atomic E-state index is -0.229. The van der Waals surface area contributed by atoms with E-state index in [1.54, 1.807) is 7.11 Å². The molecule has 0 radical (unpaired) electrons. The van der Waals surface area contributed by atoms with Gasteiger partial charge in [-0.05, 0) is 48.2 Å². The molecule has 1 amide bonds. The van der Waals surface area contributed by atoms with Gasteiger partial charge in [0.05, 0.1) is 12.7 Å². The molecule has 0 aliphatic heterocycles. The maximum Gasteiger partial charge on any atom is 0.258 e. The Morgan fingerprint density at radius 1 is 1.04 bits per heavy atom. The van der Waals surface area contributed by atoms with Crippen LogP contribution >= 0.6 is 0 Å². The minimum absolute atomic E-state index is 0.229. The van der Waals surface area contributed by atoms with Crippen molar-refractivity contribution in [2.45, 2.75) is 26.7 Å².